The highest BCUT2D eigenvalue weighted by atomic mass is 35.5. The summed E-state index contributed by atoms with van der Waals surface area (Å²) in [5, 5.41) is 4.68. The van der Waals surface area contributed by atoms with E-state index in [0.29, 0.717) is 29.7 Å². The predicted octanol–water partition coefficient (Wildman–Crippen LogP) is 2.83. The van der Waals surface area contributed by atoms with E-state index >= 15 is 0 Å². The first-order valence-corrected chi connectivity index (χ1v) is 6.85. The number of nitrogens with zero attached hydrogens (tertiary/aromatic N) is 3. The Kier molecular flexibility index (Phi) is 3.94. The van der Waals surface area contributed by atoms with E-state index in [1.165, 1.54) is 0 Å². The van der Waals surface area contributed by atoms with E-state index in [0.717, 1.165) is 16.8 Å². The van der Waals surface area contributed by atoms with Crippen LogP contribution in [0.15, 0.2) is 47.1 Å². The van der Waals surface area contributed by atoms with Gasteiger partial charge in [-0.05, 0) is 29.8 Å². The molecule has 0 saturated carbocycles. The lowest BCUT2D eigenvalue weighted by Gasteiger charge is -1.98. The summed E-state index contributed by atoms with van der Waals surface area (Å²) in [6.07, 6.45) is 2.25. The van der Waals surface area contributed by atoms with Gasteiger partial charge in [0.05, 0.1) is 5.69 Å². The molecule has 0 saturated heterocycles. The van der Waals surface area contributed by atoms with E-state index in [2.05, 4.69) is 15.1 Å². The van der Waals surface area contributed by atoms with Crippen LogP contribution in [-0.2, 0) is 13.0 Å². The molecule has 106 valence electrons. The van der Waals surface area contributed by atoms with Gasteiger partial charge in [-0.25, -0.2) is 0 Å². The normalized spacial score (nSPS) is 10.8. The van der Waals surface area contributed by atoms with Gasteiger partial charge < -0.3 is 10.3 Å². The fourth-order valence-electron chi connectivity index (χ4n) is 2.00. The Balaban J connectivity index is 1.82. The van der Waals surface area contributed by atoms with Crippen molar-refractivity contribution in [2.45, 2.75) is 13.0 Å². The third kappa shape index (κ3) is 3.26. The molecule has 0 amide bonds. The van der Waals surface area contributed by atoms with E-state index in [4.69, 9.17) is 21.9 Å². The molecule has 0 aliphatic heterocycles. The van der Waals surface area contributed by atoms with E-state index in [1.54, 1.807) is 6.20 Å². The van der Waals surface area contributed by atoms with Crippen LogP contribution in [0.2, 0.25) is 5.02 Å². The molecule has 2 heterocycles. The molecule has 0 atom stereocenters. The molecule has 0 spiro atoms. The Labute approximate surface area is 126 Å². The fraction of sp³-hybridized carbons (Fsp3) is 0.133. The van der Waals surface area contributed by atoms with Crippen LogP contribution in [-0.4, -0.2) is 15.1 Å². The van der Waals surface area contributed by atoms with Crippen LogP contribution in [0.25, 0.3) is 11.5 Å². The first-order valence-electron chi connectivity index (χ1n) is 6.47. The molecular weight excluding hydrogens is 288 g/mol. The third-order valence-corrected chi connectivity index (χ3v) is 3.23. The summed E-state index contributed by atoms with van der Waals surface area (Å²) in [7, 11) is 0. The van der Waals surface area contributed by atoms with Crippen molar-refractivity contribution in [1.82, 2.24) is 15.1 Å². The molecule has 1 aromatic carbocycles. The van der Waals surface area contributed by atoms with E-state index in [9.17, 15) is 0 Å². The Bertz CT molecular complexity index is 757. The summed E-state index contributed by atoms with van der Waals surface area (Å²) in [5.74, 6) is 1.07. The van der Waals surface area contributed by atoms with Crippen LogP contribution < -0.4 is 5.73 Å². The Hall–Kier alpha value is -2.24. The first-order chi connectivity index (χ1) is 10.2. The smallest absolute Gasteiger partial charge is 0.258 e. The maximum atomic E-state index is 5.96. The zero-order valence-electron chi connectivity index (χ0n) is 11.2. The molecule has 0 unspecified atom stereocenters. The van der Waals surface area contributed by atoms with Crippen LogP contribution in [0.4, 0.5) is 0 Å². The summed E-state index contributed by atoms with van der Waals surface area (Å²) in [6.45, 7) is 0.372. The highest BCUT2D eigenvalue weighted by Crippen LogP contribution is 2.19. The fourth-order valence-corrected chi connectivity index (χ4v) is 2.21. The SMILES string of the molecule is NCc1cc(-c2nc(Cc3cccc(Cl)c3)no2)ccn1. The zero-order chi connectivity index (χ0) is 14.7. The zero-order valence-corrected chi connectivity index (χ0v) is 11.9. The summed E-state index contributed by atoms with van der Waals surface area (Å²) in [6, 6.07) is 11.2. The van der Waals surface area contributed by atoms with Gasteiger partial charge in [-0.2, -0.15) is 4.98 Å². The molecule has 0 bridgehead atoms. The number of aromatic nitrogens is 3. The van der Waals surface area contributed by atoms with Gasteiger partial charge in [0.25, 0.3) is 5.89 Å². The van der Waals surface area contributed by atoms with Gasteiger partial charge in [0.2, 0.25) is 0 Å². The molecule has 6 heteroatoms. The molecule has 2 N–H and O–H groups in total. The van der Waals surface area contributed by atoms with Crippen molar-refractivity contribution in [3.05, 3.63) is 64.7 Å². The minimum atomic E-state index is 0.372. The Morgan fingerprint density at radius 1 is 1.19 bits per heavy atom. The van der Waals surface area contributed by atoms with Crippen molar-refractivity contribution in [2.24, 2.45) is 5.73 Å². The molecule has 3 rings (SSSR count). The van der Waals surface area contributed by atoms with Crippen LogP contribution in [0.1, 0.15) is 17.1 Å². The monoisotopic (exact) mass is 300 g/mol. The largest absolute Gasteiger partial charge is 0.334 e. The average molecular weight is 301 g/mol. The lowest BCUT2D eigenvalue weighted by Crippen LogP contribution is -1.99. The van der Waals surface area contributed by atoms with Crippen LogP contribution in [0.3, 0.4) is 0 Å². The molecule has 0 radical (unpaired) electrons. The standard InChI is InChI=1S/C15H13ClN4O/c16-12-3-1-2-10(6-12)7-14-19-15(21-20-14)11-4-5-18-13(8-11)9-17/h1-6,8H,7,9,17H2. The van der Waals surface area contributed by atoms with Crippen molar-refractivity contribution in [3.8, 4) is 11.5 Å². The Morgan fingerprint density at radius 3 is 2.90 bits per heavy atom. The number of hydrogen-bond donors (Lipinski definition) is 1. The van der Waals surface area contributed by atoms with E-state index < -0.39 is 0 Å². The van der Waals surface area contributed by atoms with Crippen LogP contribution in [0.5, 0.6) is 0 Å². The maximum absolute atomic E-state index is 5.96. The van der Waals surface area contributed by atoms with Gasteiger partial charge in [-0.1, -0.05) is 28.9 Å². The molecule has 0 fully saturated rings. The second-order valence-electron chi connectivity index (χ2n) is 4.56. The highest BCUT2D eigenvalue weighted by Gasteiger charge is 2.10. The van der Waals surface area contributed by atoms with Crippen molar-refractivity contribution < 1.29 is 4.52 Å². The van der Waals surface area contributed by atoms with Gasteiger partial charge in [0.15, 0.2) is 5.82 Å². The average Bonchev–Trinajstić information content (AvgIpc) is 2.96. The number of pyridine rings is 1. The van der Waals surface area contributed by atoms with E-state index in [1.807, 2.05) is 36.4 Å². The summed E-state index contributed by atoms with van der Waals surface area (Å²) in [4.78, 5) is 8.53. The van der Waals surface area contributed by atoms with Crippen LogP contribution in [0, 0.1) is 0 Å². The summed E-state index contributed by atoms with van der Waals surface area (Å²) >= 11 is 5.96. The number of halogens is 1. The van der Waals surface area contributed by atoms with Gasteiger partial charge in [0, 0.05) is 29.7 Å². The van der Waals surface area contributed by atoms with Gasteiger partial charge in [0.1, 0.15) is 0 Å². The lowest BCUT2D eigenvalue weighted by atomic mass is 10.1. The highest BCUT2D eigenvalue weighted by molar-refractivity contribution is 6.30. The molecule has 3 aromatic rings. The summed E-state index contributed by atoms with van der Waals surface area (Å²) < 4.78 is 5.29. The van der Waals surface area contributed by atoms with Crippen molar-refractivity contribution in [3.63, 3.8) is 0 Å². The van der Waals surface area contributed by atoms with Gasteiger partial charge >= 0.3 is 0 Å². The minimum absolute atomic E-state index is 0.372. The van der Waals surface area contributed by atoms with Crippen molar-refractivity contribution in [1.29, 1.82) is 0 Å². The number of benzene rings is 1. The Morgan fingerprint density at radius 2 is 2.10 bits per heavy atom. The minimum Gasteiger partial charge on any atom is -0.334 e. The number of rotatable bonds is 4. The molecule has 5 nitrogen and oxygen atoms in total. The second-order valence-corrected chi connectivity index (χ2v) is 5.00. The molecular formula is C15H13ClN4O. The van der Waals surface area contributed by atoms with E-state index in [-0.39, 0.29) is 0 Å². The number of nitrogens with two attached hydrogens (primary N) is 1. The van der Waals surface area contributed by atoms with Crippen LogP contribution >= 0.6 is 11.6 Å². The van der Waals surface area contributed by atoms with Crippen molar-refractivity contribution >= 4 is 11.6 Å². The molecule has 2 aromatic heterocycles. The summed E-state index contributed by atoms with van der Waals surface area (Å²) in [5.41, 5.74) is 8.21. The topological polar surface area (TPSA) is 77.8 Å². The lowest BCUT2D eigenvalue weighted by molar-refractivity contribution is 0.424. The second kappa shape index (κ2) is 6.03. The molecule has 0 aliphatic carbocycles. The predicted molar refractivity (Wildman–Crippen MR) is 79.7 cm³/mol. The van der Waals surface area contributed by atoms with Gasteiger partial charge in [-0.3, -0.25) is 4.98 Å². The maximum Gasteiger partial charge on any atom is 0.258 e. The number of hydrogen-bond acceptors (Lipinski definition) is 5. The third-order valence-electron chi connectivity index (χ3n) is 2.99. The van der Waals surface area contributed by atoms with Crippen molar-refractivity contribution in [2.75, 3.05) is 0 Å². The molecule has 21 heavy (non-hydrogen) atoms. The first kappa shape index (κ1) is 13.7. The quantitative estimate of drug-likeness (QED) is 0.801. The molecule has 0 aliphatic rings. The van der Waals surface area contributed by atoms with Gasteiger partial charge in [-0.15, -0.1) is 0 Å².